The zero-order valence-corrected chi connectivity index (χ0v) is 20.6. The number of ether oxygens (including phenoxy) is 2. The summed E-state index contributed by atoms with van der Waals surface area (Å²) in [6, 6.07) is 12.5. The van der Waals surface area contributed by atoms with Crippen LogP contribution >= 0.6 is 0 Å². The first-order valence-corrected chi connectivity index (χ1v) is 12.0. The smallest absolute Gasteiger partial charge is 0.330 e. The van der Waals surface area contributed by atoms with Crippen molar-refractivity contribution in [2.45, 2.75) is 32.4 Å². The Balaban J connectivity index is 1.35. The molecule has 192 valence electrons. The summed E-state index contributed by atoms with van der Waals surface area (Å²) in [5.74, 6) is 0.462. The molecule has 1 aliphatic heterocycles. The maximum Gasteiger partial charge on any atom is 0.330 e. The fraction of sp³-hybridized carbons (Fsp3) is 0.308. The zero-order valence-electron chi connectivity index (χ0n) is 20.6. The van der Waals surface area contributed by atoms with Crippen molar-refractivity contribution in [2.24, 2.45) is 7.05 Å². The number of amides is 1. The number of anilines is 2. The van der Waals surface area contributed by atoms with Crippen LogP contribution in [0, 0.1) is 6.92 Å². The number of carbonyl (C=O) groups excluding carboxylic acids is 1. The van der Waals surface area contributed by atoms with E-state index in [4.69, 9.17) is 19.7 Å². The predicted molar refractivity (Wildman–Crippen MR) is 136 cm³/mol. The van der Waals surface area contributed by atoms with E-state index in [1.807, 2.05) is 25.1 Å². The number of aryl methyl sites for hydroxylation is 2. The van der Waals surface area contributed by atoms with Gasteiger partial charge in [0.15, 0.2) is 5.65 Å². The highest BCUT2D eigenvalue weighted by atomic mass is 16.5. The Morgan fingerprint density at radius 2 is 1.95 bits per heavy atom. The second-order valence-electron chi connectivity index (χ2n) is 8.99. The summed E-state index contributed by atoms with van der Waals surface area (Å²) in [5, 5.41) is 12.0. The lowest BCUT2D eigenvalue weighted by molar-refractivity contribution is 0.0694. The highest BCUT2D eigenvalue weighted by Gasteiger charge is 2.23. The molecule has 11 heteroatoms. The molecule has 1 fully saturated rings. The fourth-order valence-electron chi connectivity index (χ4n) is 4.40. The third-order valence-electron chi connectivity index (χ3n) is 6.57. The number of benzene rings is 2. The van der Waals surface area contributed by atoms with Crippen molar-refractivity contribution in [1.29, 1.82) is 0 Å². The zero-order chi connectivity index (χ0) is 25.9. The van der Waals surface area contributed by atoms with E-state index in [1.54, 1.807) is 52.1 Å². The maximum atomic E-state index is 13.0. The van der Waals surface area contributed by atoms with Crippen molar-refractivity contribution in [2.75, 3.05) is 18.5 Å². The average molecular weight is 505 g/mol. The molecule has 2 aromatic carbocycles. The first kappa shape index (κ1) is 24.5. The molecule has 3 heterocycles. The lowest BCUT2D eigenvalue weighted by Gasteiger charge is -2.22. The van der Waals surface area contributed by atoms with Gasteiger partial charge < -0.3 is 14.8 Å². The van der Waals surface area contributed by atoms with Crippen LogP contribution in [0.15, 0.2) is 53.5 Å². The number of imidazole rings is 1. The van der Waals surface area contributed by atoms with Crippen LogP contribution in [0.25, 0.3) is 11.2 Å². The van der Waals surface area contributed by atoms with Crippen molar-refractivity contribution >= 4 is 28.7 Å². The minimum absolute atomic E-state index is 0.0400. The predicted octanol–water partition coefficient (Wildman–Crippen LogP) is 3.23. The summed E-state index contributed by atoms with van der Waals surface area (Å²) in [4.78, 5) is 33.6. The molecule has 0 aliphatic carbocycles. The van der Waals surface area contributed by atoms with Crippen LogP contribution < -0.4 is 21.2 Å². The van der Waals surface area contributed by atoms with Crippen LogP contribution in [0.4, 0.5) is 11.6 Å². The Hall–Kier alpha value is -4.22. The normalized spacial score (nSPS) is 14.0. The van der Waals surface area contributed by atoms with Gasteiger partial charge in [0.25, 0.3) is 5.91 Å². The van der Waals surface area contributed by atoms with Crippen LogP contribution in [-0.2, 0) is 18.4 Å². The van der Waals surface area contributed by atoms with Gasteiger partial charge in [-0.05, 0) is 49.1 Å². The van der Waals surface area contributed by atoms with Crippen molar-refractivity contribution in [3.05, 3.63) is 75.8 Å². The average Bonchev–Trinajstić information content (AvgIpc) is 3.18. The van der Waals surface area contributed by atoms with E-state index in [1.165, 1.54) is 0 Å². The van der Waals surface area contributed by atoms with E-state index in [-0.39, 0.29) is 11.7 Å². The molecule has 3 N–H and O–H groups in total. The Morgan fingerprint density at radius 3 is 2.68 bits per heavy atom. The van der Waals surface area contributed by atoms with Crippen LogP contribution in [0.2, 0.25) is 0 Å². The Labute approximate surface area is 212 Å². The molecule has 0 saturated carbocycles. The molecule has 0 bridgehead atoms. The van der Waals surface area contributed by atoms with Crippen LogP contribution in [0.3, 0.4) is 0 Å². The minimum atomic E-state index is -0.567. The molecule has 37 heavy (non-hydrogen) atoms. The second-order valence-corrected chi connectivity index (χ2v) is 8.99. The standard InChI is InChI=1S/C26H28N6O5/c1-16-3-8-20(37-15-17-4-6-18(7-5-17)24(33)30-35)13-21(16)28-25-27-14-22-23(29-25)32(26(34)31(22)2)19-9-11-36-12-10-19/h3-8,13-14,19,35H,9-12,15H2,1-2H3,(H,30,33)(H,27,28,29). The molecule has 11 nitrogen and oxygen atoms in total. The molecule has 1 amide bonds. The van der Waals surface area contributed by atoms with Gasteiger partial charge in [-0.15, -0.1) is 0 Å². The van der Waals surface area contributed by atoms with E-state index in [2.05, 4.69) is 10.3 Å². The second kappa shape index (κ2) is 10.4. The summed E-state index contributed by atoms with van der Waals surface area (Å²) in [7, 11) is 1.73. The number of hydrogen-bond acceptors (Lipinski definition) is 8. The molecule has 5 rings (SSSR count). The van der Waals surface area contributed by atoms with Crippen molar-refractivity contribution in [3.63, 3.8) is 0 Å². The highest BCUT2D eigenvalue weighted by molar-refractivity contribution is 5.93. The molecule has 0 atom stereocenters. The van der Waals surface area contributed by atoms with Crippen molar-refractivity contribution in [3.8, 4) is 5.75 Å². The minimum Gasteiger partial charge on any atom is -0.489 e. The number of aromatic nitrogens is 4. The molecule has 1 aliphatic rings. The number of fused-ring (bicyclic) bond motifs is 1. The van der Waals surface area contributed by atoms with Crippen LogP contribution in [-0.4, -0.2) is 43.4 Å². The van der Waals surface area contributed by atoms with Crippen molar-refractivity contribution in [1.82, 2.24) is 24.6 Å². The van der Waals surface area contributed by atoms with Gasteiger partial charge in [0.2, 0.25) is 5.95 Å². The summed E-state index contributed by atoms with van der Waals surface area (Å²) in [6.45, 7) is 3.51. The number of nitrogens with one attached hydrogen (secondary N) is 2. The third kappa shape index (κ3) is 5.04. The summed E-state index contributed by atoms with van der Waals surface area (Å²) >= 11 is 0. The van der Waals surface area contributed by atoms with E-state index in [9.17, 15) is 9.59 Å². The van der Waals surface area contributed by atoms with Gasteiger partial charge in [-0.25, -0.2) is 15.3 Å². The third-order valence-corrected chi connectivity index (χ3v) is 6.57. The van der Waals surface area contributed by atoms with Gasteiger partial charge >= 0.3 is 5.69 Å². The quantitative estimate of drug-likeness (QED) is 0.258. The SMILES string of the molecule is Cc1ccc(OCc2ccc(C(=O)NO)cc2)cc1Nc1ncc2c(n1)n(C1CCOCC1)c(=O)n2C. The van der Waals surface area contributed by atoms with E-state index in [0.29, 0.717) is 48.2 Å². The maximum absolute atomic E-state index is 13.0. The Bertz CT molecular complexity index is 1490. The lowest BCUT2D eigenvalue weighted by Crippen LogP contribution is -2.30. The van der Waals surface area contributed by atoms with Gasteiger partial charge in [0, 0.05) is 43.6 Å². The molecule has 1 saturated heterocycles. The topological polar surface area (TPSA) is 133 Å². The van der Waals surface area contributed by atoms with Gasteiger partial charge in [-0.2, -0.15) is 4.98 Å². The van der Waals surface area contributed by atoms with Crippen LogP contribution in [0.1, 0.15) is 40.4 Å². The van der Waals surface area contributed by atoms with E-state index >= 15 is 0 Å². The largest absolute Gasteiger partial charge is 0.489 e. The number of carbonyl (C=O) groups is 1. The first-order chi connectivity index (χ1) is 17.9. The molecular formula is C26H28N6O5. The molecule has 0 spiro atoms. The van der Waals surface area contributed by atoms with Crippen LogP contribution in [0.5, 0.6) is 5.75 Å². The Kier molecular flexibility index (Phi) is 6.89. The van der Waals surface area contributed by atoms with Crippen molar-refractivity contribution < 1.29 is 19.5 Å². The lowest BCUT2D eigenvalue weighted by atomic mass is 10.1. The number of nitrogens with zero attached hydrogens (tertiary/aromatic N) is 4. The van der Waals surface area contributed by atoms with Gasteiger partial charge in [0.1, 0.15) is 17.9 Å². The van der Waals surface area contributed by atoms with Gasteiger partial charge in [-0.1, -0.05) is 18.2 Å². The monoisotopic (exact) mass is 504 g/mol. The summed E-state index contributed by atoms with van der Waals surface area (Å²) in [5.41, 5.74) is 5.76. The molecule has 0 radical (unpaired) electrons. The first-order valence-electron chi connectivity index (χ1n) is 12.0. The van der Waals surface area contributed by atoms with Gasteiger partial charge in [-0.3, -0.25) is 19.1 Å². The molecule has 2 aromatic heterocycles. The number of hydroxylamine groups is 1. The molecule has 4 aromatic rings. The molecular weight excluding hydrogens is 476 g/mol. The fourth-order valence-corrected chi connectivity index (χ4v) is 4.40. The number of hydrogen-bond donors (Lipinski definition) is 3. The summed E-state index contributed by atoms with van der Waals surface area (Å²) < 4.78 is 14.8. The van der Waals surface area contributed by atoms with E-state index in [0.717, 1.165) is 29.7 Å². The number of rotatable bonds is 7. The van der Waals surface area contributed by atoms with E-state index < -0.39 is 5.91 Å². The summed E-state index contributed by atoms with van der Waals surface area (Å²) in [6.07, 6.45) is 3.20. The van der Waals surface area contributed by atoms with Gasteiger partial charge in [0.05, 0.1) is 6.20 Å². The molecule has 0 unspecified atom stereocenters. The Morgan fingerprint density at radius 1 is 1.19 bits per heavy atom. The highest BCUT2D eigenvalue weighted by Crippen LogP contribution is 2.27.